The molecule has 0 radical (unpaired) electrons. The lowest BCUT2D eigenvalue weighted by Gasteiger charge is -2.24. The van der Waals surface area contributed by atoms with E-state index < -0.39 is 12.0 Å². The molecule has 0 saturated carbocycles. The summed E-state index contributed by atoms with van der Waals surface area (Å²) in [5.74, 6) is -1.87. The molecule has 0 rings (SSSR count). The second-order valence-corrected chi connectivity index (χ2v) is 5.09. The van der Waals surface area contributed by atoms with E-state index in [2.05, 4.69) is 0 Å². The van der Waals surface area contributed by atoms with E-state index >= 15 is 0 Å². The van der Waals surface area contributed by atoms with Crippen LogP contribution in [0.3, 0.4) is 0 Å². The summed E-state index contributed by atoms with van der Waals surface area (Å²) in [5, 5.41) is 9.05. The summed E-state index contributed by atoms with van der Waals surface area (Å²) in [4.78, 5) is 36.2. The van der Waals surface area contributed by atoms with Gasteiger partial charge in [0.2, 0.25) is 11.8 Å². The molecular formula is C15H27NO4. The number of carbonyl (C=O) groups excluding carboxylic acids is 2. The van der Waals surface area contributed by atoms with Gasteiger partial charge in [0.1, 0.15) is 6.04 Å². The molecule has 0 fully saturated rings. The maximum atomic E-state index is 12.1. The third-order valence-electron chi connectivity index (χ3n) is 3.27. The number of imide groups is 1. The number of unbranched alkanes of at least 4 members (excludes halogenated alkanes) is 4. The first-order valence-corrected chi connectivity index (χ1v) is 7.53. The average molecular weight is 285 g/mol. The van der Waals surface area contributed by atoms with E-state index in [0.29, 0.717) is 12.8 Å². The van der Waals surface area contributed by atoms with Crippen LogP contribution in [0.2, 0.25) is 0 Å². The monoisotopic (exact) mass is 285 g/mol. The summed E-state index contributed by atoms with van der Waals surface area (Å²) in [5.41, 5.74) is 0. The second-order valence-electron chi connectivity index (χ2n) is 5.09. The Bertz CT molecular complexity index is 306. The van der Waals surface area contributed by atoms with Gasteiger partial charge in [0.05, 0.1) is 0 Å². The van der Waals surface area contributed by atoms with Gasteiger partial charge in [-0.1, -0.05) is 39.5 Å². The SMILES string of the molecule is CCCCCC(=O)N(C(=O)CCCCC)[C@@H](C)C(=O)O. The highest BCUT2D eigenvalue weighted by Crippen LogP contribution is 2.11. The fraction of sp³-hybridized carbons (Fsp3) is 0.800. The van der Waals surface area contributed by atoms with Crippen LogP contribution in [0.1, 0.15) is 72.1 Å². The van der Waals surface area contributed by atoms with Crippen molar-refractivity contribution in [3.05, 3.63) is 0 Å². The second kappa shape index (κ2) is 10.4. The van der Waals surface area contributed by atoms with E-state index in [9.17, 15) is 14.4 Å². The van der Waals surface area contributed by atoms with E-state index in [1.54, 1.807) is 0 Å². The Labute approximate surface area is 121 Å². The number of nitrogens with zero attached hydrogens (tertiary/aromatic N) is 1. The zero-order valence-electron chi connectivity index (χ0n) is 12.9. The zero-order valence-corrected chi connectivity index (χ0v) is 12.9. The van der Waals surface area contributed by atoms with Gasteiger partial charge < -0.3 is 5.11 Å². The molecule has 2 amide bonds. The molecule has 0 spiro atoms. The smallest absolute Gasteiger partial charge is 0.326 e. The number of rotatable bonds is 10. The Morgan fingerprint density at radius 3 is 1.60 bits per heavy atom. The molecule has 0 aromatic carbocycles. The van der Waals surface area contributed by atoms with Crippen molar-refractivity contribution in [2.24, 2.45) is 0 Å². The Hall–Kier alpha value is -1.39. The van der Waals surface area contributed by atoms with E-state index in [-0.39, 0.29) is 24.7 Å². The van der Waals surface area contributed by atoms with Crippen LogP contribution in [0, 0.1) is 0 Å². The summed E-state index contributed by atoms with van der Waals surface area (Å²) < 4.78 is 0. The Morgan fingerprint density at radius 2 is 1.30 bits per heavy atom. The number of carbonyl (C=O) groups is 3. The molecule has 116 valence electrons. The van der Waals surface area contributed by atoms with E-state index in [4.69, 9.17) is 5.11 Å². The van der Waals surface area contributed by atoms with Gasteiger partial charge in [0.25, 0.3) is 0 Å². The highest BCUT2D eigenvalue weighted by molar-refractivity contribution is 5.99. The first-order chi connectivity index (χ1) is 9.45. The minimum Gasteiger partial charge on any atom is -0.480 e. The summed E-state index contributed by atoms with van der Waals surface area (Å²) in [7, 11) is 0. The fourth-order valence-corrected chi connectivity index (χ4v) is 1.97. The lowest BCUT2D eigenvalue weighted by atomic mass is 10.1. The fourth-order valence-electron chi connectivity index (χ4n) is 1.97. The molecule has 1 N–H and O–H groups in total. The topological polar surface area (TPSA) is 74.7 Å². The lowest BCUT2D eigenvalue weighted by Crippen LogP contribution is -2.47. The molecule has 0 aromatic rings. The van der Waals surface area contributed by atoms with Crippen LogP contribution in [0.4, 0.5) is 0 Å². The molecule has 5 nitrogen and oxygen atoms in total. The number of aliphatic carboxylic acids is 1. The average Bonchev–Trinajstić information content (AvgIpc) is 2.39. The van der Waals surface area contributed by atoms with Crippen LogP contribution < -0.4 is 0 Å². The summed E-state index contributed by atoms with van der Waals surface area (Å²) in [6, 6.07) is -1.08. The molecule has 5 heteroatoms. The molecule has 0 saturated heterocycles. The van der Waals surface area contributed by atoms with Crippen LogP contribution in [0.5, 0.6) is 0 Å². The maximum Gasteiger partial charge on any atom is 0.326 e. The van der Waals surface area contributed by atoms with Crippen molar-refractivity contribution in [3.63, 3.8) is 0 Å². The Balaban J connectivity index is 4.66. The van der Waals surface area contributed by atoms with Crippen molar-refractivity contribution >= 4 is 17.8 Å². The molecule has 1 atom stereocenters. The standard InChI is InChI=1S/C15H27NO4/c1-4-6-8-10-13(17)16(12(3)15(19)20)14(18)11-9-7-5-2/h12H,4-11H2,1-3H3,(H,19,20)/t12-/m0/s1. The molecular weight excluding hydrogens is 258 g/mol. The first kappa shape index (κ1) is 18.6. The van der Waals surface area contributed by atoms with Gasteiger partial charge in [-0.25, -0.2) is 4.79 Å². The number of carboxylic acids is 1. The predicted molar refractivity (Wildman–Crippen MR) is 77.2 cm³/mol. The normalized spacial score (nSPS) is 11.9. The summed E-state index contributed by atoms with van der Waals surface area (Å²) in [6.45, 7) is 5.44. The molecule has 0 heterocycles. The third-order valence-corrected chi connectivity index (χ3v) is 3.27. The Kier molecular flexibility index (Phi) is 9.68. The number of carboxylic acid groups (broad SMARTS) is 1. The molecule has 0 aromatic heterocycles. The Morgan fingerprint density at radius 1 is 0.900 bits per heavy atom. The van der Waals surface area contributed by atoms with E-state index in [1.165, 1.54) is 6.92 Å². The van der Waals surface area contributed by atoms with E-state index in [0.717, 1.165) is 30.6 Å². The maximum absolute atomic E-state index is 12.1. The first-order valence-electron chi connectivity index (χ1n) is 7.53. The van der Waals surface area contributed by atoms with Gasteiger partial charge >= 0.3 is 5.97 Å². The molecule has 20 heavy (non-hydrogen) atoms. The van der Waals surface area contributed by atoms with Crippen LogP contribution in [0.15, 0.2) is 0 Å². The number of amides is 2. The van der Waals surface area contributed by atoms with Crippen LogP contribution in [-0.2, 0) is 14.4 Å². The highest BCUT2D eigenvalue weighted by atomic mass is 16.4. The van der Waals surface area contributed by atoms with Crippen LogP contribution in [0.25, 0.3) is 0 Å². The van der Waals surface area contributed by atoms with Crippen molar-refractivity contribution in [3.8, 4) is 0 Å². The van der Waals surface area contributed by atoms with Gasteiger partial charge in [-0.2, -0.15) is 0 Å². The molecule has 0 aliphatic heterocycles. The zero-order chi connectivity index (χ0) is 15.5. The molecule has 0 bridgehead atoms. The van der Waals surface area contributed by atoms with Gasteiger partial charge in [-0.05, 0) is 19.8 Å². The largest absolute Gasteiger partial charge is 0.480 e. The third kappa shape index (κ3) is 6.68. The van der Waals surface area contributed by atoms with Gasteiger partial charge in [-0.15, -0.1) is 0 Å². The lowest BCUT2D eigenvalue weighted by molar-refractivity contribution is -0.157. The van der Waals surface area contributed by atoms with Gasteiger partial charge in [0, 0.05) is 12.8 Å². The quantitative estimate of drug-likeness (QED) is 0.626. The van der Waals surface area contributed by atoms with Crippen molar-refractivity contribution in [2.75, 3.05) is 0 Å². The predicted octanol–water partition coefficient (Wildman–Crippen LogP) is 2.98. The number of hydrogen-bond donors (Lipinski definition) is 1. The molecule has 0 aliphatic rings. The minimum atomic E-state index is -1.14. The number of hydrogen-bond acceptors (Lipinski definition) is 3. The summed E-state index contributed by atoms with van der Waals surface area (Å²) >= 11 is 0. The van der Waals surface area contributed by atoms with Crippen molar-refractivity contribution in [2.45, 2.75) is 78.2 Å². The van der Waals surface area contributed by atoms with Gasteiger partial charge in [-0.3, -0.25) is 14.5 Å². The van der Waals surface area contributed by atoms with Crippen LogP contribution >= 0.6 is 0 Å². The van der Waals surface area contributed by atoms with Crippen molar-refractivity contribution in [1.82, 2.24) is 4.90 Å². The summed E-state index contributed by atoms with van der Waals surface area (Å²) in [6.07, 6.45) is 5.64. The minimum absolute atomic E-state index is 0.241. The van der Waals surface area contributed by atoms with Gasteiger partial charge in [0.15, 0.2) is 0 Å². The van der Waals surface area contributed by atoms with Crippen molar-refractivity contribution in [1.29, 1.82) is 0 Å². The highest BCUT2D eigenvalue weighted by Gasteiger charge is 2.30. The molecule has 0 aliphatic carbocycles. The van der Waals surface area contributed by atoms with Crippen LogP contribution in [-0.4, -0.2) is 33.8 Å². The van der Waals surface area contributed by atoms with E-state index in [1.807, 2.05) is 13.8 Å². The molecule has 0 unspecified atom stereocenters. The van der Waals surface area contributed by atoms with Crippen molar-refractivity contribution < 1.29 is 19.5 Å².